The van der Waals surface area contributed by atoms with Crippen LogP contribution in [0.3, 0.4) is 0 Å². The fourth-order valence-corrected chi connectivity index (χ4v) is 3.98. The van der Waals surface area contributed by atoms with Crippen LogP contribution in [-0.4, -0.2) is 20.1 Å². The van der Waals surface area contributed by atoms with Gasteiger partial charge in [0.25, 0.3) is 0 Å². The van der Waals surface area contributed by atoms with Gasteiger partial charge in [0, 0.05) is 11.0 Å². The fraction of sp³-hybridized carbons (Fsp3) is 0.200. The third-order valence-electron chi connectivity index (χ3n) is 3.22. The number of hydrogen-bond acceptors (Lipinski definition) is 3. The summed E-state index contributed by atoms with van der Waals surface area (Å²) in [6.07, 6.45) is -5.74. The highest BCUT2D eigenvalue weighted by atomic mass is 79.9. The zero-order valence-corrected chi connectivity index (χ0v) is 14.5. The molecule has 2 aromatic carbocycles. The quantitative estimate of drug-likeness (QED) is 0.773. The van der Waals surface area contributed by atoms with Crippen molar-refractivity contribution in [3.05, 3.63) is 64.1 Å². The van der Waals surface area contributed by atoms with Crippen LogP contribution in [0.1, 0.15) is 17.2 Å². The average Bonchev–Trinajstić information content (AvgIpc) is 2.52. The molecule has 0 spiro atoms. The van der Waals surface area contributed by atoms with E-state index in [1.165, 1.54) is 6.07 Å². The van der Waals surface area contributed by atoms with Crippen LogP contribution in [0.15, 0.2) is 57.9 Å². The lowest BCUT2D eigenvalue weighted by molar-refractivity contribution is -0.137. The summed E-state index contributed by atoms with van der Waals surface area (Å²) in [5.41, 5.74) is -0.662. The standard InChI is InChI=1S/C15H13BrF3NO3S/c16-12-3-1-2-4-14(12)24(22,23)20-9-13(21)10-5-7-11(8-6-10)15(17,18)19/h1-8,13,20-21H,9H2/t13-/m0/s1. The average molecular weight is 424 g/mol. The van der Waals surface area contributed by atoms with E-state index in [4.69, 9.17) is 0 Å². The Morgan fingerprint density at radius 3 is 2.21 bits per heavy atom. The monoisotopic (exact) mass is 423 g/mol. The minimum Gasteiger partial charge on any atom is -0.387 e. The van der Waals surface area contributed by atoms with Gasteiger partial charge in [0.05, 0.1) is 16.6 Å². The molecule has 2 aromatic rings. The van der Waals surface area contributed by atoms with Crippen molar-refractivity contribution >= 4 is 26.0 Å². The summed E-state index contributed by atoms with van der Waals surface area (Å²) in [6, 6.07) is 10.0. The molecule has 1 atom stereocenters. The molecule has 0 aromatic heterocycles. The zero-order chi connectivity index (χ0) is 18.0. The van der Waals surface area contributed by atoms with E-state index in [-0.39, 0.29) is 17.0 Å². The van der Waals surface area contributed by atoms with E-state index in [0.717, 1.165) is 24.3 Å². The minimum absolute atomic E-state index is 0.00428. The van der Waals surface area contributed by atoms with E-state index in [0.29, 0.717) is 4.47 Å². The molecule has 0 heterocycles. The van der Waals surface area contributed by atoms with E-state index in [2.05, 4.69) is 20.7 Å². The van der Waals surface area contributed by atoms with Crippen LogP contribution in [0.4, 0.5) is 13.2 Å². The highest BCUT2D eigenvalue weighted by molar-refractivity contribution is 9.10. The molecule has 0 aliphatic heterocycles. The summed E-state index contributed by atoms with van der Waals surface area (Å²) >= 11 is 3.12. The van der Waals surface area contributed by atoms with Crippen molar-refractivity contribution in [3.63, 3.8) is 0 Å². The van der Waals surface area contributed by atoms with Gasteiger partial charge in [-0.2, -0.15) is 13.2 Å². The van der Waals surface area contributed by atoms with Crippen LogP contribution in [0.5, 0.6) is 0 Å². The third kappa shape index (κ3) is 4.56. The Hall–Kier alpha value is -1.42. The second-order valence-electron chi connectivity index (χ2n) is 4.92. The van der Waals surface area contributed by atoms with E-state index < -0.39 is 27.9 Å². The van der Waals surface area contributed by atoms with Gasteiger partial charge < -0.3 is 5.11 Å². The van der Waals surface area contributed by atoms with Crippen LogP contribution in [-0.2, 0) is 16.2 Å². The van der Waals surface area contributed by atoms with Gasteiger partial charge in [0.1, 0.15) is 0 Å². The SMILES string of the molecule is O=S(=O)(NC[C@H](O)c1ccc(C(F)(F)F)cc1)c1ccccc1Br. The number of alkyl halides is 3. The van der Waals surface area contributed by atoms with Gasteiger partial charge in [-0.15, -0.1) is 0 Å². The first kappa shape index (κ1) is 18.9. The molecule has 24 heavy (non-hydrogen) atoms. The molecule has 2 N–H and O–H groups in total. The maximum absolute atomic E-state index is 12.5. The second kappa shape index (κ2) is 7.22. The van der Waals surface area contributed by atoms with Gasteiger partial charge in [-0.05, 0) is 45.8 Å². The highest BCUT2D eigenvalue weighted by Gasteiger charge is 2.30. The van der Waals surface area contributed by atoms with Crippen LogP contribution in [0, 0.1) is 0 Å². The van der Waals surface area contributed by atoms with E-state index >= 15 is 0 Å². The Kier molecular flexibility index (Phi) is 5.69. The largest absolute Gasteiger partial charge is 0.416 e. The Bertz CT molecular complexity index is 807. The topological polar surface area (TPSA) is 66.4 Å². The molecular weight excluding hydrogens is 411 g/mol. The smallest absolute Gasteiger partial charge is 0.387 e. The first-order chi connectivity index (χ1) is 11.1. The van der Waals surface area contributed by atoms with Gasteiger partial charge in [-0.25, -0.2) is 13.1 Å². The van der Waals surface area contributed by atoms with Crippen molar-refractivity contribution in [2.24, 2.45) is 0 Å². The Morgan fingerprint density at radius 2 is 1.67 bits per heavy atom. The number of nitrogens with one attached hydrogen (secondary N) is 1. The van der Waals surface area contributed by atoms with Crippen molar-refractivity contribution < 1.29 is 26.7 Å². The van der Waals surface area contributed by atoms with Crippen molar-refractivity contribution in [2.75, 3.05) is 6.54 Å². The molecule has 0 saturated heterocycles. The molecule has 9 heteroatoms. The summed E-state index contributed by atoms with van der Waals surface area (Å²) in [6.45, 7) is -0.366. The molecule has 0 bridgehead atoms. The van der Waals surface area contributed by atoms with Gasteiger partial charge in [-0.1, -0.05) is 24.3 Å². The summed E-state index contributed by atoms with van der Waals surface area (Å²) in [7, 11) is -3.86. The number of aliphatic hydroxyl groups is 1. The molecule has 0 aliphatic rings. The molecule has 130 valence electrons. The lowest BCUT2D eigenvalue weighted by Gasteiger charge is -2.14. The van der Waals surface area contributed by atoms with E-state index in [1.54, 1.807) is 18.2 Å². The molecule has 0 saturated carbocycles. The van der Waals surface area contributed by atoms with Crippen LogP contribution < -0.4 is 4.72 Å². The number of hydrogen-bond donors (Lipinski definition) is 2. The number of benzene rings is 2. The molecule has 0 amide bonds. The molecule has 0 radical (unpaired) electrons. The lowest BCUT2D eigenvalue weighted by Crippen LogP contribution is -2.28. The summed E-state index contributed by atoms with van der Waals surface area (Å²) in [5, 5.41) is 9.97. The zero-order valence-electron chi connectivity index (χ0n) is 12.1. The van der Waals surface area contributed by atoms with Crippen molar-refractivity contribution in [2.45, 2.75) is 17.2 Å². The first-order valence-corrected chi connectivity index (χ1v) is 8.98. The number of halogens is 4. The van der Waals surface area contributed by atoms with Crippen LogP contribution >= 0.6 is 15.9 Å². The van der Waals surface area contributed by atoms with Crippen molar-refractivity contribution in [3.8, 4) is 0 Å². The summed E-state index contributed by atoms with van der Waals surface area (Å²) in [4.78, 5) is 0.00428. The fourth-order valence-electron chi connectivity index (χ4n) is 1.94. The maximum atomic E-state index is 12.5. The van der Waals surface area contributed by atoms with Gasteiger partial charge >= 0.3 is 6.18 Å². The maximum Gasteiger partial charge on any atom is 0.416 e. The Morgan fingerprint density at radius 1 is 1.08 bits per heavy atom. The molecular formula is C15H13BrF3NO3S. The molecule has 0 unspecified atom stereocenters. The second-order valence-corrected chi connectivity index (χ2v) is 7.51. The van der Waals surface area contributed by atoms with Gasteiger partial charge in [-0.3, -0.25) is 0 Å². The molecule has 4 nitrogen and oxygen atoms in total. The van der Waals surface area contributed by atoms with Crippen molar-refractivity contribution in [1.82, 2.24) is 4.72 Å². The van der Waals surface area contributed by atoms with Gasteiger partial charge in [0.15, 0.2) is 0 Å². The lowest BCUT2D eigenvalue weighted by atomic mass is 10.1. The number of sulfonamides is 1. The molecule has 0 aliphatic carbocycles. The van der Waals surface area contributed by atoms with E-state index in [9.17, 15) is 26.7 Å². The van der Waals surface area contributed by atoms with Crippen LogP contribution in [0.25, 0.3) is 0 Å². The van der Waals surface area contributed by atoms with E-state index in [1.807, 2.05) is 0 Å². The summed E-state index contributed by atoms with van der Waals surface area (Å²) in [5.74, 6) is 0. The predicted octanol–water partition coefficient (Wildman–Crippen LogP) is 3.48. The minimum atomic E-state index is -4.47. The normalized spacial score (nSPS) is 13.7. The molecule has 2 rings (SSSR count). The Balaban J connectivity index is 2.08. The predicted molar refractivity (Wildman–Crippen MR) is 85.7 cm³/mol. The highest BCUT2D eigenvalue weighted by Crippen LogP contribution is 2.30. The van der Waals surface area contributed by atoms with Crippen LogP contribution in [0.2, 0.25) is 0 Å². The number of rotatable bonds is 5. The molecule has 0 fully saturated rings. The number of aliphatic hydroxyl groups excluding tert-OH is 1. The Labute approximate surface area is 145 Å². The summed E-state index contributed by atoms with van der Waals surface area (Å²) < 4.78 is 64.4. The van der Waals surface area contributed by atoms with Gasteiger partial charge in [0.2, 0.25) is 10.0 Å². The first-order valence-electron chi connectivity index (χ1n) is 6.70. The third-order valence-corrected chi connectivity index (χ3v) is 5.65. The van der Waals surface area contributed by atoms with Crippen molar-refractivity contribution in [1.29, 1.82) is 0 Å².